The number of β-lactam (4-membered cyclic amide) rings is 2. The summed E-state index contributed by atoms with van der Waals surface area (Å²) in [5.74, 6) is -3.28. The second-order valence-corrected chi connectivity index (χ2v) is 38.6. The number of oxime groups is 2. The van der Waals surface area contributed by atoms with Crippen LogP contribution in [0.1, 0.15) is 87.3 Å². The molecule has 2 saturated heterocycles. The zero-order chi connectivity index (χ0) is 84.4. The largest absolute Gasteiger partial charge is 0.497 e. The molecular formula is C82H79BCl4I3N7O17S4. The first-order valence-corrected chi connectivity index (χ1v) is 44.9. The predicted octanol–water partition coefficient (Wildman–Crippen LogP) is 17.1. The molecule has 12 rings (SSSR count). The average Bonchev–Trinajstić information content (AvgIpc) is 0.839. The van der Waals surface area contributed by atoms with Gasteiger partial charge in [0.2, 0.25) is 29.7 Å². The van der Waals surface area contributed by atoms with Crippen LogP contribution in [-0.2, 0) is 80.2 Å². The number of amides is 2. The second-order valence-electron chi connectivity index (χ2n) is 25.5. The van der Waals surface area contributed by atoms with E-state index in [1.54, 1.807) is 76.6 Å². The molecule has 6 aromatic carbocycles. The Hall–Kier alpha value is -7.89. The third-order valence-corrected chi connectivity index (χ3v) is 23.0. The van der Waals surface area contributed by atoms with E-state index in [0.29, 0.717) is 48.7 Å². The number of carbonyl (C=O) groups excluding carboxylic acids is 7. The lowest BCUT2D eigenvalue weighted by Crippen LogP contribution is -2.68. The maximum Gasteiger partial charge on any atom is 0.360 e. The summed E-state index contributed by atoms with van der Waals surface area (Å²) in [5.41, 5.74) is 11.7. The highest BCUT2D eigenvalue weighted by molar-refractivity contribution is 14.3. The molecule has 2 unspecified atom stereocenters. The number of thiazole rings is 2. The van der Waals surface area contributed by atoms with E-state index in [4.69, 9.17) is 78.6 Å². The maximum absolute atomic E-state index is 14.1. The number of carboxylic acid groups (broad SMARTS) is 1. The molecule has 8 aromatic rings. The third kappa shape index (κ3) is 26.1. The van der Waals surface area contributed by atoms with Crippen LogP contribution in [0.4, 0.5) is 0 Å². The van der Waals surface area contributed by atoms with E-state index in [-0.39, 0.29) is 80.5 Å². The third-order valence-electron chi connectivity index (χ3n) is 17.3. The number of hydrogen-bond acceptors (Lipinski definition) is 25. The van der Waals surface area contributed by atoms with E-state index >= 15 is 0 Å². The van der Waals surface area contributed by atoms with E-state index < -0.39 is 89.0 Å². The number of benzene rings is 6. The van der Waals surface area contributed by atoms with Crippen LogP contribution >= 0.6 is 161 Å². The minimum Gasteiger partial charge on any atom is -0.497 e. The number of ether oxygens (including phenoxy) is 6. The number of fused-ring (bicyclic) bond motifs is 2. The van der Waals surface area contributed by atoms with Crippen molar-refractivity contribution in [3.63, 3.8) is 0 Å². The number of halogens is 7. The number of rotatable bonds is 30. The maximum atomic E-state index is 14.1. The fourth-order valence-electron chi connectivity index (χ4n) is 11.5. The highest BCUT2D eigenvalue weighted by Crippen LogP contribution is 2.47. The highest BCUT2D eigenvalue weighted by Gasteiger charge is 2.55. The van der Waals surface area contributed by atoms with Crippen LogP contribution in [0.2, 0.25) is 15.5 Å². The molecule has 2 amide bonds. The number of hydrogen-bond donors (Lipinski definition) is 2. The number of carbonyl (C=O) groups is 8. The molecule has 3 N–H and O–H groups in total. The number of Topliss-reactive ketones (excluding diaryl/α,β-unsaturated/α-hetero) is 1. The van der Waals surface area contributed by atoms with Gasteiger partial charge in [-0.3, -0.25) is 24.2 Å². The van der Waals surface area contributed by atoms with Gasteiger partial charge < -0.3 is 48.9 Å². The fourth-order valence-corrected chi connectivity index (χ4v) is 16.7. The van der Waals surface area contributed by atoms with Crippen LogP contribution in [0.15, 0.2) is 227 Å². The van der Waals surface area contributed by atoms with Crippen molar-refractivity contribution in [1.82, 2.24) is 19.8 Å². The van der Waals surface area contributed by atoms with E-state index in [0.717, 1.165) is 64.2 Å². The quantitative estimate of drug-likeness (QED) is 0.00617. The normalized spacial score (nSPS) is 16.6. The van der Waals surface area contributed by atoms with Crippen LogP contribution < -0.4 is 15.2 Å². The van der Waals surface area contributed by atoms with Gasteiger partial charge in [0.25, 0.3) is 2.43 Å². The standard InChI is InChI=1S/C41H37ClIN3O8S2.C22H19ClN2O5S.C18H19ClN2O4S.CH3BI2.ClH/c1-24(40(49)53-36(27-11-6-4-7-12-27)28-13-8-5-9-14-28)54-45-33(34-37(42)56-25(2)44-34)32(47)21-31-38(48)46-35(29(15-10-20-43)23-55-39(31)46)41(50)52-22-26-16-18-30(51-3)19-17-26;1-13(30-25-18(21(26)27)17-20(23)31-14(2)24-17)22(28)29-19(15-9-5-3-6-10-15)16-11-7-4-8-12-16;1-24-13-6-4-11(5-7-13)9-25-18(23)15-12(3-2-8-19)10-26-17-14(20)16(22)21(15)17;1-2(3)4;/h4-19,24,31,36,39H,20-23H2,1-3H3;3-13,19H,1-2H3,(H,26,27);2-7,14,17H,8-10,20H2,1H3;1H3;1H/b15-10+,45-33+;25-18-;3-2+;;/t24-,31+,39?;13-;14-,17?;;/m001../s1. The number of methoxy groups -OCH3 is 2. The molecule has 0 radical (unpaired) electrons. The molecule has 36 heteroatoms. The monoisotopic (exact) mass is 2090 g/mol. The first-order chi connectivity index (χ1) is 56.2. The first kappa shape index (κ1) is 95.6. The number of ketones is 1. The van der Waals surface area contributed by atoms with Gasteiger partial charge >= 0.3 is 29.8 Å². The minimum absolute atomic E-state index is 0. The number of aliphatic carboxylic acids is 1. The highest BCUT2D eigenvalue weighted by atomic mass is 127. The topological polar surface area (TPSA) is 314 Å². The predicted molar refractivity (Wildman–Crippen MR) is 489 cm³/mol. The number of esters is 4. The molecule has 6 heterocycles. The van der Waals surface area contributed by atoms with Crippen molar-refractivity contribution in [2.75, 3.05) is 36.0 Å². The number of nitrogens with zero attached hydrogens (tertiary/aromatic N) is 6. The lowest BCUT2D eigenvalue weighted by Gasteiger charge is -2.49. The van der Waals surface area contributed by atoms with Crippen molar-refractivity contribution in [1.29, 1.82) is 0 Å². The van der Waals surface area contributed by atoms with E-state index in [2.05, 4.69) is 94.4 Å². The lowest BCUT2D eigenvalue weighted by molar-refractivity contribution is -0.160. The SMILES string of the molecule is CB(I)I.COc1ccc(COC(=O)C2=C(/C=C/CCl)CSC3[C@H](N)C(=O)N23)cc1.COc1ccc(COC(=O)C2=C(/C=C/CI)CSC3[C@H](CC(=O)/C(=N\O[C@@H](C)C(=O)OC(c4ccccc4)c4ccccc4)c4nc(C)sc4Cl)C(=O)N23)cc1.Cc1nc(/C(=N/O[C@@H](C)C(=O)OC(c2ccccc2)c2ccccc2)C(=O)O)c(Cl)s1.Cl. The Balaban J connectivity index is 0.000000235. The molecule has 0 bridgehead atoms. The summed E-state index contributed by atoms with van der Waals surface area (Å²) < 4.78 is 34.9. The van der Waals surface area contributed by atoms with Gasteiger partial charge in [-0.15, -0.1) is 115 Å². The summed E-state index contributed by atoms with van der Waals surface area (Å²) in [6.45, 7) is 8.54. The number of thioether (sulfide) groups is 2. The van der Waals surface area contributed by atoms with Crippen molar-refractivity contribution in [2.24, 2.45) is 22.0 Å². The average molecular weight is 2100 g/mol. The molecule has 24 nitrogen and oxygen atoms in total. The van der Waals surface area contributed by atoms with Gasteiger partial charge in [0.15, 0.2) is 23.7 Å². The van der Waals surface area contributed by atoms with Crippen molar-refractivity contribution >= 4 is 222 Å². The van der Waals surface area contributed by atoms with Gasteiger partial charge in [-0.25, -0.2) is 33.9 Å². The van der Waals surface area contributed by atoms with Crippen LogP contribution in [0.5, 0.6) is 11.5 Å². The molecule has 118 heavy (non-hydrogen) atoms. The number of carboxylic acids is 1. The number of aromatic nitrogens is 2. The van der Waals surface area contributed by atoms with Crippen molar-refractivity contribution in [3.05, 3.63) is 280 Å². The minimum atomic E-state index is -1.38. The number of nitrogens with two attached hydrogens (primary N) is 1. The molecule has 2 aromatic heterocycles. The molecule has 2 fully saturated rings. The van der Waals surface area contributed by atoms with Crippen molar-refractivity contribution in [2.45, 2.75) is 95.4 Å². The zero-order valence-corrected chi connectivity index (χ0v) is 77.0. The molecule has 620 valence electrons. The Morgan fingerprint density at radius 3 is 1.34 bits per heavy atom. The Kier molecular flexibility index (Phi) is 38.4. The van der Waals surface area contributed by atoms with Crippen LogP contribution in [0.25, 0.3) is 0 Å². The van der Waals surface area contributed by atoms with Crippen molar-refractivity contribution in [3.8, 4) is 11.5 Å². The van der Waals surface area contributed by atoms with E-state index in [9.17, 15) is 43.5 Å². The number of allylic oxidation sites excluding steroid dienone is 4. The molecule has 0 saturated carbocycles. The fraction of sp³-hybridized carbons (Fsp3) is 0.268. The van der Waals surface area contributed by atoms with E-state index in [1.807, 2.05) is 146 Å². The van der Waals surface area contributed by atoms with Gasteiger partial charge in [-0.05, 0) is 96.5 Å². The van der Waals surface area contributed by atoms with Crippen LogP contribution in [-0.4, -0.2) is 151 Å². The van der Waals surface area contributed by atoms with Gasteiger partial charge in [0.1, 0.15) is 67.6 Å². The Morgan fingerprint density at radius 2 is 0.975 bits per heavy atom. The molecule has 0 spiro atoms. The van der Waals surface area contributed by atoms with Crippen LogP contribution in [0.3, 0.4) is 0 Å². The summed E-state index contributed by atoms with van der Waals surface area (Å²) in [4.78, 5) is 126. The summed E-state index contributed by atoms with van der Waals surface area (Å²) in [6, 6.07) is 50.9. The summed E-state index contributed by atoms with van der Waals surface area (Å²) in [5, 5.41) is 17.6. The molecule has 4 aliphatic rings. The zero-order valence-electron chi connectivity index (χ0n) is 64.2. The van der Waals surface area contributed by atoms with E-state index in [1.165, 1.54) is 47.2 Å². The molecule has 6 atom stereocenters. The molecule has 4 aliphatic heterocycles. The lowest BCUT2D eigenvalue weighted by atomic mass is 9.89. The number of alkyl halides is 2. The van der Waals surface area contributed by atoms with Crippen LogP contribution in [0, 0.1) is 19.8 Å². The second kappa shape index (κ2) is 47.4. The summed E-state index contributed by atoms with van der Waals surface area (Å²) in [7, 11) is 3.16. The van der Waals surface area contributed by atoms with Gasteiger partial charge in [-0.2, -0.15) is 0 Å². The Morgan fingerprint density at radius 1 is 0.602 bits per heavy atom. The van der Waals surface area contributed by atoms with Gasteiger partial charge in [0, 0.05) is 28.2 Å². The molecule has 0 aliphatic carbocycles. The summed E-state index contributed by atoms with van der Waals surface area (Å²) in [6.07, 6.45) is 3.20. The van der Waals surface area contributed by atoms with Crippen molar-refractivity contribution < 1.29 is 81.6 Å². The van der Waals surface area contributed by atoms with Gasteiger partial charge in [0.05, 0.1) is 35.5 Å². The molecular weight excluding hydrogens is 2020 g/mol. The summed E-state index contributed by atoms with van der Waals surface area (Å²) >= 11 is 30.4. The first-order valence-electron chi connectivity index (χ1n) is 35.8. The number of aryl methyl sites for hydroxylation is 2. The smallest absolute Gasteiger partial charge is 0.360 e. The Labute approximate surface area is 760 Å². The van der Waals surface area contributed by atoms with Gasteiger partial charge in [-0.1, -0.05) is 233 Å². The Bertz CT molecular complexity index is 4920.